The average molecular weight is 474 g/mol. The standard InChI is InChI=1S/C24H19FN6O4/c1-14-6-4-7-15(12-14)19-20(17-9-2-3-10-18(17)25)29-31(30-24(34)35)21(19)23(33)28-27-22(32)16-8-5-11-26-13-16/h2-13,30H,1H3,(H,27,32)(H,28,33)(H,34,35). The fourth-order valence-corrected chi connectivity index (χ4v) is 3.46. The topological polar surface area (TPSA) is 138 Å². The number of carbonyl (C=O) groups excluding carboxylic acids is 2. The summed E-state index contributed by atoms with van der Waals surface area (Å²) in [5.74, 6) is -2.14. The minimum absolute atomic E-state index is 0.0335. The van der Waals surface area contributed by atoms with Gasteiger partial charge in [0.05, 0.1) is 5.56 Å². The normalized spacial score (nSPS) is 10.5. The van der Waals surface area contributed by atoms with Gasteiger partial charge in [-0.1, -0.05) is 42.0 Å². The number of nitrogens with one attached hydrogen (secondary N) is 3. The lowest BCUT2D eigenvalue weighted by Gasteiger charge is -2.11. The SMILES string of the molecule is Cc1cccc(-c2c(-c3ccccc3F)nn(NC(=O)O)c2C(=O)NNC(=O)c2cccnc2)c1. The van der Waals surface area contributed by atoms with E-state index in [4.69, 9.17) is 0 Å². The molecule has 35 heavy (non-hydrogen) atoms. The summed E-state index contributed by atoms with van der Waals surface area (Å²) in [7, 11) is 0. The number of carboxylic acid groups (broad SMARTS) is 1. The summed E-state index contributed by atoms with van der Waals surface area (Å²) in [6.45, 7) is 1.83. The van der Waals surface area contributed by atoms with Crippen LogP contribution in [0.3, 0.4) is 0 Å². The van der Waals surface area contributed by atoms with Gasteiger partial charge < -0.3 is 5.11 Å². The lowest BCUT2D eigenvalue weighted by atomic mass is 9.97. The zero-order valence-corrected chi connectivity index (χ0v) is 18.3. The van der Waals surface area contributed by atoms with Gasteiger partial charge in [-0.25, -0.2) is 14.6 Å². The first-order chi connectivity index (χ1) is 16.8. The number of halogens is 1. The van der Waals surface area contributed by atoms with Crippen molar-refractivity contribution in [1.82, 2.24) is 25.7 Å². The van der Waals surface area contributed by atoms with Crippen LogP contribution in [0.4, 0.5) is 9.18 Å². The summed E-state index contributed by atoms with van der Waals surface area (Å²) in [5, 5.41) is 13.5. The first-order valence-electron chi connectivity index (χ1n) is 10.3. The number of carbonyl (C=O) groups is 3. The summed E-state index contributed by atoms with van der Waals surface area (Å²) in [5.41, 5.74) is 8.07. The van der Waals surface area contributed by atoms with Crippen molar-refractivity contribution in [2.75, 3.05) is 5.43 Å². The average Bonchev–Trinajstić information content (AvgIpc) is 3.21. The molecule has 10 nitrogen and oxygen atoms in total. The second-order valence-corrected chi connectivity index (χ2v) is 7.40. The quantitative estimate of drug-likeness (QED) is 0.327. The molecule has 4 aromatic rings. The summed E-state index contributed by atoms with van der Waals surface area (Å²) < 4.78 is 14.7. The van der Waals surface area contributed by atoms with E-state index in [0.29, 0.717) is 5.56 Å². The van der Waals surface area contributed by atoms with Crippen LogP contribution in [0.25, 0.3) is 22.4 Å². The highest BCUT2D eigenvalue weighted by Gasteiger charge is 2.28. The van der Waals surface area contributed by atoms with E-state index in [1.165, 1.54) is 36.7 Å². The predicted molar refractivity (Wildman–Crippen MR) is 124 cm³/mol. The number of benzene rings is 2. The molecule has 176 valence electrons. The molecule has 0 saturated carbocycles. The zero-order valence-electron chi connectivity index (χ0n) is 18.3. The molecule has 2 aromatic carbocycles. The van der Waals surface area contributed by atoms with Gasteiger partial charge in [0.15, 0.2) is 5.69 Å². The Balaban J connectivity index is 1.84. The third kappa shape index (κ3) is 4.98. The van der Waals surface area contributed by atoms with E-state index in [0.717, 1.165) is 10.4 Å². The number of nitrogens with zero attached hydrogens (tertiary/aromatic N) is 3. The summed E-state index contributed by atoms with van der Waals surface area (Å²) in [6.07, 6.45) is 1.30. The van der Waals surface area contributed by atoms with Crippen LogP contribution in [0, 0.1) is 12.7 Å². The maximum absolute atomic E-state index is 14.7. The molecule has 0 spiro atoms. The number of pyridine rings is 1. The molecule has 0 aliphatic carbocycles. The van der Waals surface area contributed by atoms with Crippen LogP contribution >= 0.6 is 0 Å². The molecule has 0 aliphatic heterocycles. The molecule has 0 saturated heterocycles. The molecule has 0 radical (unpaired) electrons. The minimum Gasteiger partial charge on any atom is -0.464 e. The summed E-state index contributed by atoms with van der Waals surface area (Å²) in [4.78, 5) is 41.7. The van der Waals surface area contributed by atoms with Crippen molar-refractivity contribution in [2.24, 2.45) is 0 Å². The molecular weight excluding hydrogens is 455 g/mol. The monoisotopic (exact) mass is 474 g/mol. The molecule has 4 N–H and O–H groups in total. The maximum atomic E-state index is 14.7. The van der Waals surface area contributed by atoms with Gasteiger partial charge in [0.1, 0.15) is 11.5 Å². The Morgan fingerprint density at radius 1 is 0.971 bits per heavy atom. The van der Waals surface area contributed by atoms with Crippen molar-refractivity contribution in [2.45, 2.75) is 6.92 Å². The van der Waals surface area contributed by atoms with Gasteiger partial charge in [0.25, 0.3) is 11.8 Å². The van der Waals surface area contributed by atoms with Crippen LogP contribution < -0.4 is 16.3 Å². The highest BCUT2D eigenvalue weighted by atomic mass is 19.1. The van der Waals surface area contributed by atoms with E-state index in [2.05, 4.69) is 20.9 Å². The number of aromatic nitrogens is 3. The highest BCUT2D eigenvalue weighted by molar-refractivity contribution is 6.05. The van der Waals surface area contributed by atoms with Gasteiger partial charge in [0.2, 0.25) is 0 Å². The fraction of sp³-hybridized carbons (Fsp3) is 0.0417. The van der Waals surface area contributed by atoms with Gasteiger partial charge in [-0.15, -0.1) is 0 Å². The maximum Gasteiger partial charge on any atom is 0.425 e. The Morgan fingerprint density at radius 2 is 1.74 bits per heavy atom. The van der Waals surface area contributed by atoms with E-state index in [-0.39, 0.29) is 28.1 Å². The van der Waals surface area contributed by atoms with Gasteiger partial charge in [-0.05, 0) is 36.8 Å². The third-order valence-electron chi connectivity index (χ3n) is 4.95. The van der Waals surface area contributed by atoms with E-state index < -0.39 is 23.7 Å². The summed E-state index contributed by atoms with van der Waals surface area (Å²) >= 11 is 0. The van der Waals surface area contributed by atoms with Crippen molar-refractivity contribution in [3.05, 3.63) is 95.7 Å². The van der Waals surface area contributed by atoms with E-state index in [1.807, 2.05) is 18.4 Å². The highest BCUT2D eigenvalue weighted by Crippen LogP contribution is 2.36. The first-order valence-corrected chi connectivity index (χ1v) is 10.3. The molecule has 0 bridgehead atoms. The molecule has 2 aromatic heterocycles. The number of hydrogen-bond acceptors (Lipinski definition) is 5. The lowest BCUT2D eigenvalue weighted by molar-refractivity contribution is 0.0841. The van der Waals surface area contributed by atoms with Gasteiger partial charge in [-0.2, -0.15) is 9.89 Å². The first kappa shape index (κ1) is 23.1. The smallest absolute Gasteiger partial charge is 0.425 e. The van der Waals surface area contributed by atoms with Crippen molar-refractivity contribution >= 4 is 17.9 Å². The molecular formula is C24H19FN6O4. The fourth-order valence-electron chi connectivity index (χ4n) is 3.46. The van der Waals surface area contributed by atoms with Gasteiger partial charge >= 0.3 is 6.09 Å². The van der Waals surface area contributed by atoms with Crippen LogP contribution in [0.1, 0.15) is 26.4 Å². The second-order valence-electron chi connectivity index (χ2n) is 7.40. The van der Waals surface area contributed by atoms with Crippen LogP contribution in [0.15, 0.2) is 73.1 Å². The Labute approximate surface area is 198 Å². The van der Waals surface area contributed by atoms with Gasteiger partial charge in [0, 0.05) is 23.5 Å². The van der Waals surface area contributed by atoms with Gasteiger partial charge in [-0.3, -0.25) is 25.4 Å². The Hall–Kier alpha value is -5.06. The molecule has 0 unspecified atom stereocenters. The molecule has 0 atom stereocenters. The molecule has 11 heteroatoms. The number of hydrogen-bond donors (Lipinski definition) is 4. The molecule has 3 amide bonds. The molecule has 4 rings (SSSR count). The number of rotatable bonds is 5. The second kappa shape index (κ2) is 9.83. The molecule has 0 aliphatic rings. The molecule has 0 fully saturated rings. The van der Waals surface area contributed by atoms with Crippen molar-refractivity contribution in [1.29, 1.82) is 0 Å². The van der Waals surface area contributed by atoms with Crippen molar-refractivity contribution < 1.29 is 23.9 Å². The Kier molecular flexibility index (Phi) is 6.49. The largest absolute Gasteiger partial charge is 0.464 e. The number of aryl methyl sites for hydroxylation is 1. The van der Waals surface area contributed by atoms with Crippen LogP contribution in [-0.4, -0.2) is 37.9 Å². The predicted octanol–water partition coefficient (Wildman–Crippen LogP) is 3.36. The molecule has 2 heterocycles. The van der Waals surface area contributed by atoms with E-state index >= 15 is 0 Å². The van der Waals surface area contributed by atoms with Crippen molar-refractivity contribution in [3.8, 4) is 22.4 Å². The van der Waals surface area contributed by atoms with Crippen LogP contribution in [0.5, 0.6) is 0 Å². The zero-order chi connectivity index (χ0) is 24.9. The van der Waals surface area contributed by atoms with Crippen molar-refractivity contribution in [3.63, 3.8) is 0 Å². The number of hydrazine groups is 1. The lowest BCUT2D eigenvalue weighted by Crippen LogP contribution is -2.43. The Bertz CT molecular complexity index is 1420. The third-order valence-corrected chi connectivity index (χ3v) is 4.95. The summed E-state index contributed by atoms with van der Waals surface area (Å²) in [6, 6.07) is 15.8. The van der Waals surface area contributed by atoms with E-state index in [1.54, 1.807) is 30.3 Å². The number of amides is 3. The van der Waals surface area contributed by atoms with E-state index in [9.17, 15) is 23.9 Å². The minimum atomic E-state index is -1.50. The Morgan fingerprint density at radius 3 is 2.43 bits per heavy atom. The van der Waals surface area contributed by atoms with Crippen LogP contribution in [-0.2, 0) is 0 Å². The van der Waals surface area contributed by atoms with Crippen LogP contribution in [0.2, 0.25) is 0 Å².